The Bertz CT molecular complexity index is 969. The highest BCUT2D eigenvalue weighted by Crippen LogP contribution is 2.39. The van der Waals surface area contributed by atoms with Crippen LogP contribution in [0.5, 0.6) is 0 Å². The molecule has 29 heavy (non-hydrogen) atoms. The van der Waals surface area contributed by atoms with Gasteiger partial charge in [-0.3, -0.25) is 19.3 Å². The number of halogens is 2. The molecule has 4 rings (SSSR count). The number of rotatable bonds is 4. The van der Waals surface area contributed by atoms with Crippen molar-refractivity contribution in [3.05, 3.63) is 35.2 Å². The molecule has 0 spiro atoms. The zero-order valence-electron chi connectivity index (χ0n) is 15.7. The molecule has 1 N–H and O–H groups in total. The molecule has 3 atom stereocenters. The fraction of sp³-hybridized carbons (Fsp3) is 0.400. The molecule has 0 bridgehead atoms. The van der Waals surface area contributed by atoms with Gasteiger partial charge < -0.3 is 5.32 Å². The van der Waals surface area contributed by atoms with Gasteiger partial charge in [0.25, 0.3) is 0 Å². The standard InChI is InChI=1S/C20H19F2N3O3S/c1-10(25-18(27)12-4-2-3-5-13(12)19(25)28)17(26)24-20-23-16(9-29-20)11-6-7-14(21)15(22)8-11/h6-10,12-13H,2-5H2,1H3,(H,23,24,26). The molecule has 2 aromatic rings. The topological polar surface area (TPSA) is 79.4 Å². The second-order valence-electron chi connectivity index (χ2n) is 7.38. The minimum Gasteiger partial charge on any atom is -0.300 e. The first-order chi connectivity index (χ1) is 13.9. The van der Waals surface area contributed by atoms with Gasteiger partial charge in [-0.2, -0.15) is 0 Å². The molecule has 6 nitrogen and oxygen atoms in total. The number of nitrogens with one attached hydrogen (secondary N) is 1. The number of imide groups is 1. The quantitative estimate of drug-likeness (QED) is 0.768. The van der Waals surface area contributed by atoms with Crippen molar-refractivity contribution < 1.29 is 23.2 Å². The van der Waals surface area contributed by atoms with Crippen molar-refractivity contribution >= 4 is 34.2 Å². The Morgan fingerprint density at radius 1 is 1.17 bits per heavy atom. The highest BCUT2D eigenvalue weighted by atomic mass is 32.1. The second kappa shape index (κ2) is 7.62. The number of anilines is 1. The monoisotopic (exact) mass is 419 g/mol. The lowest BCUT2D eigenvalue weighted by molar-refractivity contribution is -0.146. The average Bonchev–Trinajstić information content (AvgIpc) is 3.27. The summed E-state index contributed by atoms with van der Waals surface area (Å²) < 4.78 is 26.5. The number of carbonyl (C=O) groups excluding carboxylic acids is 3. The van der Waals surface area contributed by atoms with E-state index in [1.54, 1.807) is 5.38 Å². The first-order valence-electron chi connectivity index (χ1n) is 9.45. The molecule has 9 heteroatoms. The first-order valence-corrected chi connectivity index (χ1v) is 10.3. The molecule has 1 aromatic carbocycles. The minimum atomic E-state index is -0.984. The van der Waals surface area contributed by atoms with E-state index in [1.807, 2.05) is 0 Å². The van der Waals surface area contributed by atoms with E-state index in [0.29, 0.717) is 24.1 Å². The molecule has 0 radical (unpaired) electrons. The Morgan fingerprint density at radius 2 is 1.83 bits per heavy atom. The third-order valence-electron chi connectivity index (χ3n) is 5.59. The van der Waals surface area contributed by atoms with Crippen LogP contribution in [0.4, 0.5) is 13.9 Å². The number of fused-ring (bicyclic) bond motifs is 1. The molecule has 1 aliphatic carbocycles. The highest BCUT2D eigenvalue weighted by molar-refractivity contribution is 7.14. The minimum absolute atomic E-state index is 0.248. The van der Waals surface area contributed by atoms with Crippen LogP contribution in [0.2, 0.25) is 0 Å². The Labute approximate surface area is 169 Å². The van der Waals surface area contributed by atoms with Crippen LogP contribution in [-0.2, 0) is 14.4 Å². The van der Waals surface area contributed by atoms with Crippen LogP contribution in [0.25, 0.3) is 11.3 Å². The third-order valence-corrected chi connectivity index (χ3v) is 6.35. The number of carbonyl (C=O) groups is 3. The third kappa shape index (κ3) is 3.55. The van der Waals surface area contributed by atoms with Gasteiger partial charge in [0, 0.05) is 10.9 Å². The molecule has 3 unspecified atom stereocenters. The maximum Gasteiger partial charge on any atom is 0.249 e. The molecule has 2 aliphatic rings. The van der Waals surface area contributed by atoms with Crippen LogP contribution in [-0.4, -0.2) is 33.6 Å². The van der Waals surface area contributed by atoms with Gasteiger partial charge in [-0.05, 0) is 38.0 Å². The van der Waals surface area contributed by atoms with Gasteiger partial charge in [0.05, 0.1) is 17.5 Å². The SMILES string of the molecule is CC(C(=O)Nc1nc(-c2ccc(F)c(F)c2)cs1)N1C(=O)C2CCCCC2C1=O. The first kappa shape index (κ1) is 19.6. The number of benzene rings is 1. The molecule has 1 saturated heterocycles. The molecule has 1 aromatic heterocycles. The summed E-state index contributed by atoms with van der Waals surface area (Å²) in [5, 5.41) is 4.46. The summed E-state index contributed by atoms with van der Waals surface area (Å²) in [6, 6.07) is 2.48. The summed E-state index contributed by atoms with van der Waals surface area (Å²) in [6.45, 7) is 1.52. The van der Waals surface area contributed by atoms with Crippen molar-refractivity contribution in [1.29, 1.82) is 0 Å². The lowest BCUT2D eigenvalue weighted by Gasteiger charge is -2.21. The fourth-order valence-electron chi connectivity index (χ4n) is 4.02. The van der Waals surface area contributed by atoms with Gasteiger partial charge in [-0.15, -0.1) is 11.3 Å². The number of nitrogens with zero attached hydrogens (tertiary/aromatic N) is 2. The van der Waals surface area contributed by atoms with Crippen LogP contribution in [0.1, 0.15) is 32.6 Å². The number of likely N-dealkylation sites (tertiary alicyclic amines) is 1. The van der Waals surface area contributed by atoms with E-state index in [2.05, 4.69) is 10.3 Å². The van der Waals surface area contributed by atoms with Gasteiger partial charge in [0.15, 0.2) is 16.8 Å². The molecule has 1 saturated carbocycles. The largest absolute Gasteiger partial charge is 0.300 e. The van der Waals surface area contributed by atoms with Gasteiger partial charge in [-0.1, -0.05) is 12.8 Å². The molecular formula is C20H19F2N3O3S. The van der Waals surface area contributed by atoms with E-state index in [0.717, 1.165) is 41.2 Å². The molecule has 152 valence electrons. The molecular weight excluding hydrogens is 400 g/mol. The van der Waals surface area contributed by atoms with Crippen molar-refractivity contribution in [1.82, 2.24) is 9.88 Å². The summed E-state index contributed by atoms with van der Waals surface area (Å²) in [4.78, 5) is 43.2. The van der Waals surface area contributed by atoms with E-state index >= 15 is 0 Å². The van der Waals surface area contributed by atoms with Crippen LogP contribution >= 0.6 is 11.3 Å². The number of thiazole rings is 1. The van der Waals surface area contributed by atoms with Crippen molar-refractivity contribution in [2.45, 2.75) is 38.6 Å². The smallest absolute Gasteiger partial charge is 0.249 e. The molecule has 1 aliphatic heterocycles. The summed E-state index contributed by atoms with van der Waals surface area (Å²) in [7, 11) is 0. The normalized spacial score (nSPS) is 22.5. The van der Waals surface area contributed by atoms with Crippen molar-refractivity contribution in [2.24, 2.45) is 11.8 Å². The maximum atomic E-state index is 13.4. The maximum absolute atomic E-state index is 13.4. The molecule has 3 amide bonds. The summed E-state index contributed by atoms with van der Waals surface area (Å²) in [5.41, 5.74) is 0.763. The van der Waals surface area contributed by atoms with Crippen LogP contribution in [0.3, 0.4) is 0 Å². The second-order valence-corrected chi connectivity index (χ2v) is 8.23. The van der Waals surface area contributed by atoms with Crippen LogP contribution in [0, 0.1) is 23.5 Å². The van der Waals surface area contributed by atoms with Gasteiger partial charge in [0.1, 0.15) is 6.04 Å². The lowest BCUT2D eigenvalue weighted by atomic mass is 9.81. The zero-order chi connectivity index (χ0) is 20.7. The number of amides is 3. The predicted molar refractivity (Wildman–Crippen MR) is 103 cm³/mol. The summed E-state index contributed by atoms with van der Waals surface area (Å²) >= 11 is 1.12. The number of hydrogen-bond donors (Lipinski definition) is 1. The van der Waals surface area contributed by atoms with E-state index in [9.17, 15) is 23.2 Å². The Hall–Kier alpha value is -2.68. The molecule has 2 heterocycles. The van der Waals surface area contributed by atoms with Crippen LogP contribution in [0.15, 0.2) is 23.6 Å². The van der Waals surface area contributed by atoms with E-state index in [-0.39, 0.29) is 28.8 Å². The molecule has 2 fully saturated rings. The van der Waals surface area contributed by atoms with Crippen LogP contribution < -0.4 is 5.32 Å². The van der Waals surface area contributed by atoms with Gasteiger partial charge in [0.2, 0.25) is 17.7 Å². The zero-order valence-corrected chi connectivity index (χ0v) is 16.5. The van der Waals surface area contributed by atoms with Crippen molar-refractivity contribution in [3.8, 4) is 11.3 Å². The van der Waals surface area contributed by atoms with Gasteiger partial charge in [-0.25, -0.2) is 13.8 Å². The van der Waals surface area contributed by atoms with Crippen molar-refractivity contribution in [2.75, 3.05) is 5.32 Å². The summed E-state index contributed by atoms with van der Waals surface area (Å²) in [5.74, 6) is -3.63. The predicted octanol–water partition coefficient (Wildman–Crippen LogP) is 3.59. The van der Waals surface area contributed by atoms with Crippen molar-refractivity contribution in [3.63, 3.8) is 0 Å². The van der Waals surface area contributed by atoms with E-state index in [1.165, 1.54) is 13.0 Å². The highest BCUT2D eigenvalue weighted by Gasteiger charge is 2.50. The fourth-order valence-corrected chi connectivity index (χ4v) is 4.74. The summed E-state index contributed by atoms with van der Waals surface area (Å²) in [6.07, 6.45) is 3.20. The number of hydrogen-bond acceptors (Lipinski definition) is 5. The lowest BCUT2D eigenvalue weighted by Crippen LogP contribution is -2.46. The Balaban J connectivity index is 1.47. The Morgan fingerprint density at radius 3 is 2.45 bits per heavy atom. The average molecular weight is 419 g/mol. The van der Waals surface area contributed by atoms with E-state index in [4.69, 9.17) is 0 Å². The van der Waals surface area contributed by atoms with E-state index < -0.39 is 23.6 Å². The van der Waals surface area contributed by atoms with Gasteiger partial charge >= 0.3 is 0 Å². The number of aromatic nitrogens is 1. The Kier molecular flexibility index (Phi) is 5.16.